The summed E-state index contributed by atoms with van der Waals surface area (Å²) in [7, 11) is 0. The highest BCUT2D eigenvalue weighted by Gasteiger charge is 2.47. The number of ether oxygens (including phenoxy) is 3. The number of carbonyl (C=O) groups is 2. The molecule has 182 valence electrons. The second kappa shape index (κ2) is 11.2. The summed E-state index contributed by atoms with van der Waals surface area (Å²) in [6.45, 7) is 8.27. The molecule has 1 unspecified atom stereocenters. The van der Waals surface area contributed by atoms with Crippen LogP contribution in [0.15, 0.2) is 48.0 Å². The van der Waals surface area contributed by atoms with E-state index in [1.54, 1.807) is 31.2 Å². The number of halogens is 1. The molecule has 7 nitrogen and oxygen atoms in total. The number of ketones is 1. The summed E-state index contributed by atoms with van der Waals surface area (Å²) >= 11 is 0. The van der Waals surface area contributed by atoms with Crippen LogP contribution < -0.4 is 9.47 Å². The number of likely N-dealkylation sites (tertiary alicyclic amines) is 1. The van der Waals surface area contributed by atoms with Gasteiger partial charge in [0.15, 0.2) is 0 Å². The van der Waals surface area contributed by atoms with Crippen molar-refractivity contribution >= 4 is 17.4 Å². The van der Waals surface area contributed by atoms with Crippen molar-refractivity contribution in [3.05, 3.63) is 65.0 Å². The lowest BCUT2D eigenvalue weighted by molar-refractivity contribution is -0.140. The summed E-state index contributed by atoms with van der Waals surface area (Å²) in [5, 5.41) is 11.3. The quantitative estimate of drug-likeness (QED) is 0.313. The molecule has 0 spiro atoms. The van der Waals surface area contributed by atoms with Crippen LogP contribution in [0.25, 0.3) is 5.76 Å². The predicted octanol–water partition coefficient (Wildman–Crippen LogP) is 4.47. The standard InChI is InChI=1S/C26H30FNO6/c1-5-32-17-11-12-19(21(15-17)33-6-2)24(29)22-23(18-9-7-8-10-20(18)27)28(26(31)25(22)30)13-14-34-16(3)4/h7-12,15-16,23,29H,5-6,13-14H2,1-4H3/b24-22+. The van der Waals surface area contributed by atoms with Crippen LogP contribution in [0.2, 0.25) is 0 Å². The zero-order valence-electron chi connectivity index (χ0n) is 19.8. The van der Waals surface area contributed by atoms with E-state index in [1.807, 2.05) is 20.8 Å². The van der Waals surface area contributed by atoms with Crippen LogP contribution in [-0.2, 0) is 14.3 Å². The summed E-state index contributed by atoms with van der Waals surface area (Å²) in [5.41, 5.74) is 0.115. The third kappa shape index (κ3) is 5.22. The highest BCUT2D eigenvalue weighted by Crippen LogP contribution is 2.42. The SMILES string of the molecule is CCOc1ccc(/C(O)=C2\C(=O)C(=O)N(CCOC(C)C)C2c2ccccc2F)c(OCC)c1. The fourth-order valence-electron chi connectivity index (χ4n) is 3.89. The maximum absolute atomic E-state index is 14.9. The number of carbonyl (C=O) groups excluding carboxylic acids is 2. The predicted molar refractivity (Wildman–Crippen MR) is 125 cm³/mol. The molecule has 1 heterocycles. The van der Waals surface area contributed by atoms with Gasteiger partial charge in [-0.1, -0.05) is 18.2 Å². The van der Waals surface area contributed by atoms with Gasteiger partial charge in [-0.2, -0.15) is 0 Å². The Hall–Kier alpha value is -3.39. The summed E-state index contributed by atoms with van der Waals surface area (Å²) < 4.78 is 31.6. The molecule has 0 aliphatic carbocycles. The first-order valence-corrected chi connectivity index (χ1v) is 11.3. The van der Waals surface area contributed by atoms with Gasteiger partial charge in [0.2, 0.25) is 0 Å². The van der Waals surface area contributed by atoms with Gasteiger partial charge in [0, 0.05) is 18.2 Å². The van der Waals surface area contributed by atoms with E-state index < -0.39 is 29.3 Å². The number of hydrogen-bond acceptors (Lipinski definition) is 6. The fourth-order valence-corrected chi connectivity index (χ4v) is 3.89. The smallest absolute Gasteiger partial charge is 0.295 e. The van der Waals surface area contributed by atoms with Gasteiger partial charge in [0.25, 0.3) is 11.7 Å². The second-order valence-electron chi connectivity index (χ2n) is 7.96. The monoisotopic (exact) mass is 471 g/mol. The van der Waals surface area contributed by atoms with Gasteiger partial charge in [-0.05, 0) is 45.9 Å². The summed E-state index contributed by atoms with van der Waals surface area (Å²) in [5.74, 6) is -1.94. The third-order valence-corrected chi connectivity index (χ3v) is 5.34. The Morgan fingerprint density at radius 2 is 1.79 bits per heavy atom. The molecule has 1 N–H and O–H groups in total. The van der Waals surface area contributed by atoms with Crippen molar-refractivity contribution in [2.24, 2.45) is 0 Å². The molecular formula is C26H30FNO6. The highest BCUT2D eigenvalue weighted by atomic mass is 19.1. The zero-order chi connectivity index (χ0) is 24.8. The van der Waals surface area contributed by atoms with Gasteiger partial charge in [-0.15, -0.1) is 0 Å². The first-order valence-electron chi connectivity index (χ1n) is 11.3. The minimum atomic E-state index is -1.11. The second-order valence-corrected chi connectivity index (χ2v) is 7.96. The van der Waals surface area contributed by atoms with Gasteiger partial charge in [-0.25, -0.2) is 4.39 Å². The van der Waals surface area contributed by atoms with E-state index in [2.05, 4.69) is 0 Å². The maximum Gasteiger partial charge on any atom is 0.295 e. The number of aliphatic hydroxyl groups is 1. The molecular weight excluding hydrogens is 441 g/mol. The van der Waals surface area contributed by atoms with Crippen molar-refractivity contribution in [1.82, 2.24) is 4.90 Å². The number of aliphatic hydroxyl groups excluding tert-OH is 1. The van der Waals surface area contributed by atoms with Crippen molar-refractivity contribution < 1.29 is 33.3 Å². The molecule has 1 aliphatic heterocycles. The van der Waals surface area contributed by atoms with Crippen LogP contribution in [0.5, 0.6) is 11.5 Å². The van der Waals surface area contributed by atoms with Crippen LogP contribution in [0.4, 0.5) is 4.39 Å². The Labute approximate surface area is 198 Å². The molecule has 1 aliphatic rings. The molecule has 1 atom stereocenters. The van der Waals surface area contributed by atoms with Crippen molar-refractivity contribution in [3.63, 3.8) is 0 Å². The van der Waals surface area contributed by atoms with Gasteiger partial charge >= 0.3 is 0 Å². The van der Waals surface area contributed by atoms with Crippen molar-refractivity contribution in [3.8, 4) is 11.5 Å². The lowest BCUT2D eigenvalue weighted by Crippen LogP contribution is -2.33. The number of rotatable bonds is 10. The van der Waals surface area contributed by atoms with Crippen LogP contribution >= 0.6 is 0 Å². The molecule has 0 saturated carbocycles. The Morgan fingerprint density at radius 3 is 2.44 bits per heavy atom. The molecule has 34 heavy (non-hydrogen) atoms. The Balaban J connectivity index is 2.16. The highest BCUT2D eigenvalue weighted by molar-refractivity contribution is 6.46. The number of benzene rings is 2. The van der Waals surface area contributed by atoms with E-state index in [4.69, 9.17) is 14.2 Å². The Morgan fingerprint density at radius 1 is 1.09 bits per heavy atom. The minimum Gasteiger partial charge on any atom is -0.507 e. The normalized spacial score (nSPS) is 17.5. The number of Topliss-reactive ketones (excluding diaryl/α,β-unsaturated/α-hetero) is 1. The van der Waals surface area contributed by atoms with Gasteiger partial charge in [0.05, 0.1) is 43.1 Å². The van der Waals surface area contributed by atoms with E-state index in [1.165, 1.54) is 23.1 Å². The lowest BCUT2D eigenvalue weighted by Gasteiger charge is -2.26. The number of hydrogen-bond donors (Lipinski definition) is 1. The lowest BCUT2D eigenvalue weighted by atomic mass is 9.94. The van der Waals surface area contributed by atoms with Crippen LogP contribution in [0.1, 0.15) is 44.9 Å². The van der Waals surface area contributed by atoms with E-state index in [0.717, 1.165) is 0 Å². The molecule has 1 fully saturated rings. The zero-order valence-corrected chi connectivity index (χ0v) is 19.8. The molecule has 2 aromatic rings. The van der Waals surface area contributed by atoms with E-state index in [0.29, 0.717) is 19.0 Å². The molecule has 3 rings (SSSR count). The summed E-state index contributed by atoms with van der Waals surface area (Å²) in [6, 6.07) is 9.56. The van der Waals surface area contributed by atoms with E-state index in [9.17, 15) is 19.1 Å². The maximum atomic E-state index is 14.9. The third-order valence-electron chi connectivity index (χ3n) is 5.34. The topological polar surface area (TPSA) is 85.3 Å². The van der Waals surface area contributed by atoms with Gasteiger partial charge in [0.1, 0.15) is 23.1 Å². The molecule has 0 aromatic heterocycles. The molecule has 0 radical (unpaired) electrons. The molecule has 8 heteroatoms. The first-order chi connectivity index (χ1) is 16.3. The molecule has 0 bridgehead atoms. The van der Waals surface area contributed by atoms with Crippen LogP contribution in [0.3, 0.4) is 0 Å². The van der Waals surface area contributed by atoms with Crippen molar-refractivity contribution in [2.45, 2.75) is 39.8 Å². The van der Waals surface area contributed by atoms with Crippen LogP contribution in [0, 0.1) is 5.82 Å². The largest absolute Gasteiger partial charge is 0.507 e. The van der Waals surface area contributed by atoms with E-state index >= 15 is 0 Å². The summed E-state index contributed by atoms with van der Waals surface area (Å²) in [4.78, 5) is 27.3. The number of nitrogens with zero attached hydrogens (tertiary/aromatic N) is 1. The molecule has 2 aromatic carbocycles. The van der Waals surface area contributed by atoms with Gasteiger partial charge in [-0.3, -0.25) is 9.59 Å². The average molecular weight is 472 g/mol. The average Bonchev–Trinajstić information content (AvgIpc) is 3.04. The Bertz CT molecular complexity index is 1080. The van der Waals surface area contributed by atoms with Gasteiger partial charge < -0.3 is 24.2 Å². The fraction of sp³-hybridized carbons (Fsp3) is 0.385. The first kappa shape index (κ1) is 25.2. The van der Waals surface area contributed by atoms with E-state index in [-0.39, 0.29) is 41.7 Å². The van der Waals surface area contributed by atoms with Crippen LogP contribution in [-0.4, -0.2) is 54.2 Å². The molecule has 1 saturated heterocycles. The van der Waals surface area contributed by atoms with Crippen molar-refractivity contribution in [2.75, 3.05) is 26.4 Å². The van der Waals surface area contributed by atoms with Crippen molar-refractivity contribution in [1.29, 1.82) is 0 Å². The minimum absolute atomic E-state index is 0.0557. The number of amides is 1. The summed E-state index contributed by atoms with van der Waals surface area (Å²) in [6.07, 6.45) is -0.0821. The Kier molecular flexibility index (Phi) is 8.28. The molecule has 1 amide bonds.